The summed E-state index contributed by atoms with van der Waals surface area (Å²) in [6.45, 7) is 2.43. The van der Waals surface area contributed by atoms with Gasteiger partial charge in [0, 0.05) is 28.1 Å². The first-order chi connectivity index (χ1) is 15.9. The number of nitrogens with zero attached hydrogens (tertiary/aromatic N) is 1. The molecule has 7 nitrogen and oxygen atoms in total. The number of aromatic nitrogens is 1. The molecule has 0 aliphatic carbocycles. The Labute approximate surface area is 201 Å². The lowest BCUT2D eigenvalue weighted by atomic mass is 10.2. The van der Waals surface area contributed by atoms with Crippen molar-refractivity contribution >= 4 is 51.5 Å². The van der Waals surface area contributed by atoms with Crippen molar-refractivity contribution in [1.29, 1.82) is 0 Å². The van der Waals surface area contributed by atoms with E-state index in [4.69, 9.17) is 16.3 Å². The highest BCUT2D eigenvalue weighted by Crippen LogP contribution is 2.19. The summed E-state index contributed by atoms with van der Waals surface area (Å²) < 4.78 is 5.17. The van der Waals surface area contributed by atoms with Gasteiger partial charge in [0.2, 0.25) is 5.91 Å². The van der Waals surface area contributed by atoms with Crippen LogP contribution in [0.15, 0.2) is 53.9 Å². The average Bonchev–Trinajstić information content (AvgIpc) is 3.26. The molecule has 0 bridgehead atoms. The van der Waals surface area contributed by atoms with Gasteiger partial charge in [-0.05, 0) is 61.4 Å². The zero-order valence-corrected chi connectivity index (χ0v) is 19.7. The Morgan fingerprint density at radius 2 is 1.70 bits per heavy atom. The molecule has 0 fully saturated rings. The summed E-state index contributed by atoms with van der Waals surface area (Å²) in [5.41, 5.74) is 2.24. The lowest BCUT2D eigenvalue weighted by Gasteiger charge is -2.07. The second-order valence-electron chi connectivity index (χ2n) is 7.22. The number of carbonyl (C=O) groups excluding carboxylic acids is 3. The molecule has 0 unspecified atom stereocenters. The van der Waals surface area contributed by atoms with Gasteiger partial charge in [0.05, 0.1) is 17.9 Å². The number of ether oxygens (including phenoxy) is 1. The molecule has 0 saturated carbocycles. The van der Waals surface area contributed by atoms with Gasteiger partial charge in [-0.3, -0.25) is 14.9 Å². The molecule has 172 valence electrons. The molecule has 1 aromatic heterocycles. The van der Waals surface area contributed by atoms with Crippen LogP contribution in [0.2, 0.25) is 5.02 Å². The Bertz CT molecular complexity index is 1100. The van der Waals surface area contributed by atoms with Gasteiger partial charge >= 0.3 is 5.97 Å². The molecule has 2 aromatic carbocycles. The largest absolute Gasteiger partial charge is 0.462 e. The highest BCUT2D eigenvalue weighted by atomic mass is 35.5. The van der Waals surface area contributed by atoms with Gasteiger partial charge in [0.1, 0.15) is 0 Å². The number of nitrogens with one attached hydrogen (secondary N) is 2. The minimum atomic E-state index is -0.371. The zero-order chi connectivity index (χ0) is 23.6. The van der Waals surface area contributed by atoms with E-state index in [-0.39, 0.29) is 24.2 Å². The SMILES string of the molecule is CCCCOC(=O)c1ccc(NC(=O)CCc2csc(NC(=O)c3ccc(Cl)cc3)n2)cc1. The Morgan fingerprint density at radius 1 is 1.00 bits per heavy atom. The van der Waals surface area contributed by atoms with Crippen LogP contribution >= 0.6 is 22.9 Å². The van der Waals surface area contributed by atoms with E-state index in [1.807, 2.05) is 12.3 Å². The summed E-state index contributed by atoms with van der Waals surface area (Å²) in [6.07, 6.45) is 2.45. The molecule has 2 amide bonds. The van der Waals surface area contributed by atoms with Crippen LogP contribution in [0.5, 0.6) is 0 Å². The summed E-state index contributed by atoms with van der Waals surface area (Å²) in [5.74, 6) is -0.820. The number of rotatable bonds is 10. The number of hydrogen-bond acceptors (Lipinski definition) is 6. The molecule has 0 spiro atoms. The van der Waals surface area contributed by atoms with E-state index >= 15 is 0 Å². The summed E-state index contributed by atoms with van der Waals surface area (Å²) in [4.78, 5) is 40.8. The molecule has 0 aliphatic heterocycles. The number of esters is 1. The van der Waals surface area contributed by atoms with Gasteiger partial charge in [0.25, 0.3) is 5.91 Å². The van der Waals surface area contributed by atoms with Crippen molar-refractivity contribution in [2.75, 3.05) is 17.2 Å². The number of amides is 2. The van der Waals surface area contributed by atoms with E-state index in [9.17, 15) is 14.4 Å². The maximum Gasteiger partial charge on any atom is 0.338 e. The van der Waals surface area contributed by atoms with E-state index in [2.05, 4.69) is 15.6 Å². The molecule has 0 aliphatic rings. The van der Waals surface area contributed by atoms with Crippen molar-refractivity contribution in [1.82, 2.24) is 4.98 Å². The highest BCUT2D eigenvalue weighted by Gasteiger charge is 2.11. The minimum Gasteiger partial charge on any atom is -0.462 e. The molecule has 0 saturated heterocycles. The van der Waals surface area contributed by atoms with Crippen molar-refractivity contribution in [2.45, 2.75) is 32.6 Å². The molecule has 0 radical (unpaired) electrons. The zero-order valence-electron chi connectivity index (χ0n) is 18.1. The van der Waals surface area contributed by atoms with Gasteiger partial charge in [-0.2, -0.15) is 0 Å². The van der Waals surface area contributed by atoms with Gasteiger partial charge in [0.15, 0.2) is 5.13 Å². The number of hydrogen-bond donors (Lipinski definition) is 2. The van der Waals surface area contributed by atoms with Crippen LogP contribution in [-0.2, 0) is 16.0 Å². The van der Waals surface area contributed by atoms with Gasteiger partial charge < -0.3 is 10.1 Å². The second kappa shape index (κ2) is 12.1. The van der Waals surface area contributed by atoms with Crippen molar-refractivity contribution in [2.24, 2.45) is 0 Å². The molecular formula is C24H24ClN3O4S. The molecule has 1 heterocycles. The number of thiazole rings is 1. The van der Waals surface area contributed by atoms with E-state index < -0.39 is 0 Å². The van der Waals surface area contributed by atoms with Crippen LogP contribution in [-0.4, -0.2) is 29.4 Å². The second-order valence-corrected chi connectivity index (χ2v) is 8.51. The minimum absolute atomic E-state index is 0.173. The third-order valence-corrected chi connectivity index (χ3v) is 5.68. The van der Waals surface area contributed by atoms with Crippen LogP contribution < -0.4 is 10.6 Å². The lowest BCUT2D eigenvalue weighted by Crippen LogP contribution is -2.13. The van der Waals surface area contributed by atoms with Crippen LogP contribution in [0.1, 0.15) is 52.6 Å². The number of aryl methyl sites for hydroxylation is 1. The fourth-order valence-electron chi connectivity index (χ4n) is 2.80. The molecule has 3 rings (SSSR count). The van der Waals surface area contributed by atoms with E-state index in [0.29, 0.717) is 45.7 Å². The van der Waals surface area contributed by atoms with Gasteiger partial charge in [-0.1, -0.05) is 24.9 Å². The van der Waals surface area contributed by atoms with Crippen molar-refractivity contribution in [3.05, 3.63) is 75.8 Å². The fraction of sp³-hybridized carbons (Fsp3) is 0.250. The number of carbonyl (C=O) groups is 3. The van der Waals surface area contributed by atoms with Crippen molar-refractivity contribution < 1.29 is 19.1 Å². The standard InChI is InChI=1S/C24H24ClN3O4S/c1-2-3-14-32-23(31)17-6-10-19(11-7-17)26-21(29)13-12-20-15-33-24(27-20)28-22(30)16-4-8-18(25)9-5-16/h4-11,15H,2-3,12-14H2,1H3,(H,26,29)(H,27,28,30). The molecule has 9 heteroatoms. The van der Waals surface area contributed by atoms with E-state index in [0.717, 1.165) is 12.8 Å². The Balaban J connectivity index is 1.44. The monoisotopic (exact) mass is 485 g/mol. The van der Waals surface area contributed by atoms with Crippen LogP contribution in [0.4, 0.5) is 10.8 Å². The number of benzene rings is 2. The summed E-state index contributed by atoms with van der Waals surface area (Å²) in [7, 11) is 0. The topological polar surface area (TPSA) is 97.4 Å². The first-order valence-electron chi connectivity index (χ1n) is 10.5. The first-order valence-corrected chi connectivity index (χ1v) is 11.8. The van der Waals surface area contributed by atoms with E-state index in [1.165, 1.54) is 11.3 Å². The first kappa shape index (κ1) is 24.4. The highest BCUT2D eigenvalue weighted by molar-refractivity contribution is 7.14. The summed E-state index contributed by atoms with van der Waals surface area (Å²) in [5, 5.41) is 8.37. The molecule has 0 atom stereocenters. The van der Waals surface area contributed by atoms with Crippen molar-refractivity contribution in [3.8, 4) is 0 Å². The quantitative estimate of drug-likeness (QED) is 0.288. The van der Waals surface area contributed by atoms with Crippen LogP contribution in [0.3, 0.4) is 0 Å². The predicted molar refractivity (Wildman–Crippen MR) is 130 cm³/mol. The number of unbranched alkanes of at least 4 members (excludes halogenated alkanes) is 1. The maximum atomic E-state index is 12.3. The Kier molecular flexibility index (Phi) is 8.97. The predicted octanol–water partition coefficient (Wildman–Crippen LogP) is 5.58. The Hall–Kier alpha value is -3.23. The molecule has 3 aromatic rings. The van der Waals surface area contributed by atoms with Crippen LogP contribution in [0, 0.1) is 0 Å². The van der Waals surface area contributed by atoms with Gasteiger partial charge in [-0.15, -0.1) is 11.3 Å². The third kappa shape index (κ3) is 7.69. The molecular weight excluding hydrogens is 462 g/mol. The molecule has 33 heavy (non-hydrogen) atoms. The Morgan fingerprint density at radius 3 is 2.39 bits per heavy atom. The summed E-state index contributed by atoms with van der Waals surface area (Å²) >= 11 is 7.14. The smallest absolute Gasteiger partial charge is 0.338 e. The van der Waals surface area contributed by atoms with E-state index in [1.54, 1.807) is 48.5 Å². The lowest BCUT2D eigenvalue weighted by molar-refractivity contribution is -0.116. The van der Waals surface area contributed by atoms with Crippen molar-refractivity contribution in [3.63, 3.8) is 0 Å². The normalized spacial score (nSPS) is 10.5. The fourth-order valence-corrected chi connectivity index (χ4v) is 3.66. The number of anilines is 2. The van der Waals surface area contributed by atoms with Gasteiger partial charge in [-0.25, -0.2) is 9.78 Å². The van der Waals surface area contributed by atoms with Crippen LogP contribution in [0.25, 0.3) is 0 Å². The molecule has 2 N–H and O–H groups in total. The maximum absolute atomic E-state index is 12.3. The average molecular weight is 486 g/mol. The third-order valence-electron chi connectivity index (χ3n) is 4.62. The summed E-state index contributed by atoms with van der Waals surface area (Å²) in [6, 6.07) is 13.2. The number of halogens is 1.